The fraction of sp³-hybridized carbons (Fsp3) is 0.545. The van der Waals surface area contributed by atoms with Gasteiger partial charge in [-0.3, -0.25) is 0 Å². The standard InChI is InChI=1S/C11H14BrN5/c12-11-16-9-8(13-6-14-9)10(17-11)15-7-4-2-1-3-5-7/h6-7H,1-5H2,(H2,13,14,15,16,17). The van der Waals surface area contributed by atoms with E-state index in [9.17, 15) is 0 Å². The lowest BCUT2D eigenvalue weighted by atomic mass is 9.95. The number of hydrogen-bond acceptors (Lipinski definition) is 4. The van der Waals surface area contributed by atoms with E-state index in [0.29, 0.717) is 16.4 Å². The minimum Gasteiger partial charge on any atom is -0.365 e. The van der Waals surface area contributed by atoms with Gasteiger partial charge in [0.05, 0.1) is 6.33 Å². The molecule has 90 valence electrons. The molecule has 0 bridgehead atoms. The van der Waals surface area contributed by atoms with Crippen molar-refractivity contribution in [2.75, 3.05) is 5.32 Å². The number of fused-ring (bicyclic) bond motifs is 1. The zero-order valence-electron chi connectivity index (χ0n) is 9.41. The maximum absolute atomic E-state index is 4.39. The fourth-order valence-corrected chi connectivity index (χ4v) is 2.70. The summed E-state index contributed by atoms with van der Waals surface area (Å²) in [6.45, 7) is 0. The monoisotopic (exact) mass is 295 g/mol. The van der Waals surface area contributed by atoms with E-state index in [-0.39, 0.29) is 0 Å². The van der Waals surface area contributed by atoms with Gasteiger partial charge >= 0.3 is 0 Å². The van der Waals surface area contributed by atoms with Crippen molar-refractivity contribution in [3.63, 3.8) is 0 Å². The molecule has 0 amide bonds. The Bertz CT molecular complexity index is 518. The van der Waals surface area contributed by atoms with Gasteiger partial charge in [0.1, 0.15) is 5.52 Å². The number of halogens is 1. The highest BCUT2D eigenvalue weighted by atomic mass is 79.9. The molecule has 1 aliphatic rings. The first kappa shape index (κ1) is 11.0. The van der Waals surface area contributed by atoms with Crippen LogP contribution in [0, 0.1) is 0 Å². The molecule has 6 heteroatoms. The van der Waals surface area contributed by atoms with Crippen molar-refractivity contribution in [2.24, 2.45) is 0 Å². The summed E-state index contributed by atoms with van der Waals surface area (Å²) < 4.78 is 0.579. The maximum Gasteiger partial charge on any atom is 0.200 e. The average molecular weight is 296 g/mol. The van der Waals surface area contributed by atoms with Gasteiger partial charge < -0.3 is 10.3 Å². The van der Waals surface area contributed by atoms with Crippen LogP contribution in [0.4, 0.5) is 5.82 Å². The van der Waals surface area contributed by atoms with Crippen LogP contribution in [-0.2, 0) is 0 Å². The van der Waals surface area contributed by atoms with E-state index in [1.54, 1.807) is 6.33 Å². The zero-order valence-corrected chi connectivity index (χ0v) is 11.0. The molecule has 0 unspecified atom stereocenters. The van der Waals surface area contributed by atoms with Crippen LogP contribution in [0.25, 0.3) is 11.2 Å². The third kappa shape index (κ3) is 2.26. The Kier molecular flexibility index (Phi) is 2.96. The van der Waals surface area contributed by atoms with E-state index in [1.165, 1.54) is 32.1 Å². The molecule has 1 aliphatic carbocycles. The van der Waals surface area contributed by atoms with Crippen LogP contribution in [0.15, 0.2) is 11.1 Å². The fourth-order valence-electron chi connectivity index (χ4n) is 2.35. The molecule has 5 nitrogen and oxygen atoms in total. The number of hydrogen-bond donors (Lipinski definition) is 2. The normalized spacial score (nSPS) is 17.5. The molecule has 3 rings (SSSR count). The van der Waals surface area contributed by atoms with Gasteiger partial charge in [0.15, 0.2) is 11.5 Å². The highest BCUT2D eigenvalue weighted by Crippen LogP contribution is 2.24. The van der Waals surface area contributed by atoms with Gasteiger partial charge in [0, 0.05) is 6.04 Å². The van der Waals surface area contributed by atoms with Crippen molar-refractivity contribution in [2.45, 2.75) is 38.1 Å². The zero-order chi connectivity index (χ0) is 11.7. The van der Waals surface area contributed by atoms with Gasteiger partial charge in [-0.05, 0) is 28.8 Å². The van der Waals surface area contributed by atoms with Gasteiger partial charge in [-0.2, -0.15) is 0 Å². The summed E-state index contributed by atoms with van der Waals surface area (Å²) in [4.78, 5) is 15.8. The molecule has 0 spiro atoms. The van der Waals surface area contributed by atoms with Crippen LogP contribution in [0.5, 0.6) is 0 Å². The molecule has 0 aliphatic heterocycles. The Balaban J connectivity index is 1.90. The predicted octanol–water partition coefficient (Wildman–Crippen LogP) is 2.86. The smallest absolute Gasteiger partial charge is 0.200 e. The van der Waals surface area contributed by atoms with Crippen LogP contribution in [-0.4, -0.2) is 26.0 Å². The van der Waals surface area contributed by atoms with Crippen molar-refractivity contribution >= 4 is 32.9 Å². The Hall–Kier alpha value is -1.17. The Morgan fingerprint density at radius 2 is 2.06 bits per heavy atom. The molecule has 17 heavy (non-hydrogen) atoms. The van der Waals surface area contributed by atoms with Gasteiger partial charge in [-0.15, -0.1) is 0 Å². The molecule has 1 saturated carbocycles. The number of anilines is 1. The van der Waals surface area contributed by atoms with E-state index < -0.39 is 0 Å². The van der Waals surface area contributed by atoms with Gasteiger partial charge in [0.2, 0.25) is 4.73 Å². The van der Waals surface area contributed by atoms with E-state index in [4.69, 9.17) is 0 Å². The van der Waals surface area contributed by atoms with Crippen LogP contribution in [0.3, 0.4) is 0 Å². The molecule has 0 aromatic carbocycles. The highest BCUT2D eigenvalue weighted by Gasteiger charge is 2.16. The summed E-state index contributed by atoms with van der Waals surface area (Å²) in [6, 6.07) is 0.525. The van der Waals surface area contributed by atoms with E-state index in [1.807, 2.05) is 0 Å². The molecule has 2 aromatic heterocycles. The van der Waals surface area contributed by atoms with Crippen molar-refractivity contribution < 1.29 is 0 Å². The molecule has 2 heterocycles. The van der Waals surface area contributed by atoms with E-state index >= 15 is 0 Å². The van der Waals surface area contributed by atoms with Crippen LogP contribution in [0.1, 0.15) is 32.1 Å². The minimum atomic E-state index is 0.525. The SMILES string of the molecule is Brc1nc(NC2CCCCC2)c2[nH]cnc2n1. The first-order chi connectivity index (χ1) is 8.33. The lowest BCUT2D eigenvalue weighted by Crippen LogP contribution is -2.23. The first-order valence-electron chi connectivity index (χ1n) is 5.96. The molecule has 2 N–H and O–H groups in total. The molecule has 1 fully saturated rings. The molecule has 0 saturated heterocycles. The lowest BCUT2D eigenvalue weighted by molar-refractivity contribution is 0.462. The van der Waals surface area contributed by atoms with Crippen LogP contribution < -0.4 is 5.32 Å². The summed E-state index contributed by atoms with van der Waals surface area (Å²) in [7, 11) is 0. The van der Waals surface area contributed by atoms with Gasteiger partial charge in [-0.25, -0.2) is 15.0 Å². The van der Waals surface area contributed by atoms with Crippen molar-refractivity contribution in [1.29, 1.82) is 0 Å². The summed E-state index contributed by atoms with van der Waals surface area (Å²) in [5, 5.41) is 3.50. The Morgan fingerprint density at radius 3 is 2.88 bits per heavy atom. The average Bonchev–Trinajstić information content (AvgIpc) is 2.78. The lowest BCUT2D eigenvalue weighted by Gasteiger charge is -2.23. The predicted molar refractivity (Wildman–Crippen MR) is 69.9 cm³/mol. The minimum absolute atomic E-state index is 0.525. The maximum atomic E-state index is 4.39. The molecule has 2 aromatic rings. The first-order valence-corrected chi connectivity index (χ1v) is 6.75. The summed E-state index contributed by atoms with van der Waals surface area (Å²) in [6.07, 6.45) is 8.05. The number of rotatable bonds is 2. The topological polar surface area (TPSA) is 66.5 Å². The summed E-state index contributed by atoms with van der Waals surface area (Å²) in [5.41, 5.74) is 1.59. The number of nitrogens with zero attached hydrogens (tertiary/aromatic N) is 3. The quantitative estimate of drug-likeness (QED) is 0.836. The third-order valence-electron chi connectivity index (χ3n) is 3.20. The Morgan fingerprint density at radius 1 is 1.24 bits per heavy atom. The summed E-state index contributed by atoms with van der Waals surface area (Å²) in [5.74, 6) is 0.853. The number of aromatic nitrogens is 4. The van der Waals surface area contributed by atoms with E-state index in [2.05, 4.69) is 41.2 Å². The second-order valence-corrected chi connectivity index (χ2v) is 5.13. The number of aromatic amines is 1. The van der Waals surface area contributed by atoms with Crippen molar-refractivity contribution in [3.05, 3.63) is 11.1 Å². The van der Waals surface area contributed by atoms with Crippen LogP contribution >= 0.6 is 15.9 Å². The second kappa shape index (κ2) is 4.60. The molecular weight excluding hydrogens is 282 g/mol. The molecule has 0 radical (unpaired) electrons. The molecule has 0 atom stereocenters. The van der Waals surface area contributed by atoms with Crippen molar-refractivity contribution in [3.8, 4) is 0 Å². The largest absolute Gasteiger partial charge is 0.365 e. The number of nitrogens with one attached hydrogen (secondary N) is 2. The number of H-pyrrole nitrogens is 1. The summed E-state index contributed by atoms with van der Waals surface area (Å²) >= 11 is 3.32. The van der Waals surface area contributed by atoms with Crippen LogP contribution in [0.2, 0.25) is 0 Å². The molecular formula is C11H14BrN5. The number of imidazole rings is 1. The van der Waals surface area contributed by atoms with Gasteiger partial charge in [0.25, 0.3) is 0 Å². The third-order valence-corrected chi connectivity index (χ3v) is 3.56. The highest BCUT2D eigenvalue weighted by molar-refractivity contribution is 9.10. The van der Waals surface area contributed by atoms with Gasteiger partial charge in [-0.1, -0.05) is 19.3 Å². The second-order valence-electron chi connectivity index (χ2n) is 4.42. The van der Waals surface area contributed by atoms with E-state index in [0.717, 1.165) is 11.3 Å². The Labute approximate surface area is 108 Å². The van der Waals surface area contributed by atoms with Crippen molar-refractivity contribution in [1.82, 2.24) is 19.9 Å².